The predicted molar refractivity (Wildman–Crippen MR) is 88.6 cm³/mol. The number of amides is 1. The minimum Gasteiger partial charge on any atom is -0.481 e. The Labute approximate surface area is 142 Å². The zero-order valence-corrected chi connectivity index (χ0v) is 13.9. The highest BCUT2D eigenvalue weighted by atomic mass is 32.1. The van der Waals surface area contributed by atoms with Gasteiger partial charge in [0.1, 0.15) is 0 Å². The molecule has 3 heterocycles. The molecule has 3 aromatic rings. The Hall–Kier alpha value is -2.74. The second-order valence-corrected chi connectivity index (χ2v) is 5.79. The van der Waals surface area contributed by atoms with Crippen molar-refractivity contribution in [2.24, 2.45) is 0 Å². The highest BCUT2D eigenvalue weighted by molar-refractivity contribution is 7.08. The Morgan fingerprint density at radius 2 is 2.29 bits per heavy atom. The molecule has 7 nitrogen and oxygen atoms in total. The van der Waals surface area contributed by atoms with Crippen LogP contribution in [0.25, 0.3) is 11.4 Å². The van der Waals surface area contributed by atoms with Crippen molar-refractivity contribution in [1.82, 2.24) is 20.4 Å². The molecule has 0 atom stereocenters. The lowest BCUT2D eigenvalue weighted by Gasteiger charge is -2.05. The van der Waals surface area contributed by atoms with E-state index in [-0.39, 0.29) is 12.3 Å². The van der Waals surface area contributed by atoms with Crippen molar-refractivity contribution < 1.29 is 14.1 Å². The minimum atomic E-state index is -0.0823. The molecule has 0 saturated heterocycles. The highest BCUT2D eigenvalue weighted by Gasteiger charge is 2.11. The molecule has 1 amide bonds. The van der Waals surface area contributed by atoms with Gasteiger partial charge in [-0.1, -0.05) is 11.2 Å². The number of thiophene rings is 1. The fourth-order valence-electron chi connectivity index (χ4n) is 2.01. The predicted octanol–water partition coefficient (Wildman–Crippen LogP) is 2.45. The molecule has 24 heavy (non-hydrogen) atoms. The van der Waals surface area contributed by atoms with Crippen LogP contribution in [0.15, 0.2) is 39.7 Å². The summed E-state index contributed by atoms with van der Waals surface area (Å²) < 4.78 is 10.2. The maximum Gasteiger partial charge on any atom is 0.227 e. The van der Waals surface area contributed by atoms with E-state index in [0.29, 0.717) is 30.6 Å². The maximum atomic E-state index is 11.9. The van der Waals surface area contributed by atoms with Crippen LogP contribution in [-0.2, 0) is 17.8 Å². The monoisotopic (exact) mass is 344 g/mol. The quantitative estimate of drug-likeness (QED) is 0.708. The molecule has 1 N–H and O–H groups in total. The molecule has 0 aliphatic heterocycles. The molecule has 0 bridgehead atoms. The normalized spacial score (nSPS) is 10.5. The van der Waals surface area contributed by atoms with E-state index in [2.05, 4.69) is 20.4 Å². The molecule has 3 aromatic heterocycles. The average Bonchev–Trinajstić information content (AvgIpc) is 3.29. The number of hydrogen-bond acceptors (Lipinski definition) is 7. The van der Waals surface area contributed by atoms with Crippen molar-refractivity contribution in [3.05, 3.63) is 46.6 Å². The number of pyridine rings is 1. The number of rotatable bonds is 7. The first-order valence-electron chi connectivity index (χ1n) is 7.35. The van der Waals surface area contributed by atoms with E-state index in [1.165, 1.54) is 0 Å². The number of ether oxygens (including phenoxy) is 1. The van der Waals surface area contributed by atoms with E-state index in [1.54, 1.807) is 30.7 Å². The summed E-state index contributed by atoms with van der Waals surface area (Å²) in [5.41, 5.74) is 1.83. The molecule has 8 heteroatoms. The molecule has 0 aliphatic rings. The fourth-order valence-corrected chi connectivity index (χ4v) is 2.65. The molecule has 0 saturated carbocycles. The molecule has 0 aromatic carbocycles. The van der Waals surface area contributed by atoms with Crippen molar-refractivity contribution in [2.75, 3.05) is 7.11 Å². The van der Waals surface area contributed by atoms with Crippen molar-refractivity contribution in [2.45, 2.75) is 19.4 Å². The van der Waals surface area contributed by atoms with Gasteiger partial charge in [-0.2, -0.15) is 16.3 Å². The third-order valence-corrected chi connectivity index (χ3v) is 3.99. The van der Waals surface area contributed by atoms with Gasteiger partial charge in [-0.05, 0) is 17.0 Å². The van der Waals surface area contributed by atoms with Gasteiger partial charge >= 0.3 is 0 Å². The number of aromatic nitrogens is 3. The number of nitrogens with one attached hydrogen (secondary N) is 1. The molecular weight excluding hydrogens is 328 g/mol. The van der Waals surface area contributed by atoms with Crippen LogP contribution in [0.3, 0.4) is 0 Å². The number of methoxy groups -OCH3 is 1. The Bertz CT molecular complexity index is 784. The minimum absolute atomic E-state index is 0.0823. The largest absolute Gasteiger partial charge is 0.481 e. The third kappa shape index (κ3) is 4.17. The van der Waals surface area contributed by atoms with Gasteiger partial charge in [-0.15, -0.1) is 0 Å². The SMILES string of the molecule is COc1ccc(CNC(=O)CCc2nc(-c3ccsc3)no2)cn1. The first kappa shape index (κ1) is 16.1. The van der Waals surface area contributed by atoms with E-state index < -0.39 is 0 Å². The van der Waals surface area contributed by atoms with Crippen molar-refractivity contribution in [3.63, 3.8) is 0 Å². The zero-order chi connectivity index (χ0) is 16.8. The van der Waals surface area contributed by atoms with Crippen LogP contribution < -0.4 is 10.1 Å². The van der Waals surface area contributed by atoms with Crippen LogP contribution in [0.2, 0.25) is 0 Å². The van der Waals surface area contributed by atoms with Crippen LogP contribution in [0, 0.1) is 0 Å². The van der Waals surface area contributed by atoms with Gasteiger partial charge in [0.05, 0.1) is 7.11 Å². The molecular formula is C16H16N4O3S. The van der Waals surface area contributed by atoms with Gasteiger partial charge in [0.25, 0.3) is 0 Å². The standard InChI is InChI=1S/C16H16N4O3S/c1-22-14-4-2-11(9-18-14)8-17-13(21)3-5-15-19-16(20-23-15)12-6-7-24-10-12/h2,4,6-7,9-10H,3,5,8H2,1H3,(H,17,21). The fraction of sp³-hybridized carbons (Fsp3) is 0.250. The summed E-state index contributed by atoms with van der Waals surface area (Å²) >= 11 is 1.57. The van der Waals surface area contributed by atoms with E-state index in [4.69, 9.17) is 9.26 Å². The van der Waals surface area contributed by atoms with Crippen molar-refractivity contribution >= 4 is 17.2 Å². The van der Waals surface area contributed by atoms with Gasteiger partial charge in [-0.25, -0.2) is 4.98 Å². The number of aryl methyl sites for hydroxylation is 1. The van der Waals surface area contributed by atoms with Crippen molar-refractivity contribution in [1.29, 1.82) is 0 Å². The average molecular weight is 344 g/mol. The summed E-state index contributed by atoms with van der Waals surface area (Å²) in [7, 11) is 1.56. The van der Waals surface area contributed by atoms with E-state index in [0.717, 1.165) is 11.1 Å². The summed E-state index contributed by atoms with van der Waals surface area (Å²) in [6.07, 6.45) is 2.36. The van der Waals surface area contributed by atoms with Crippen LogP contribution in [-0.4, -0.2) is 28.1 Å². The lowest BCUT2D eigenvalue weighted by molar-refractivity contribution is -0.121. The van der Waals surface area contributed by atoms with Gasteiger partial charge in [0, 0.05) is 42.6 Å². The maximum absolute atomic E-state index is 11.9. The Kier molecular flexibility index (Phi) is 5.17. The van der Waals surface area contributed by atoms with Gasteiger partial charge in [-0.3, -0.25) is 4.79 Å². The first-order chi connectivity index (χ1) is 11.7. The number of carbonyl (C=O) groups is 1. The van der Waals surface area contributed by atoms with E-state index >= 15 is 0 Å². The Morgan fingerprint density at radius 3 is 3.00 bits per heavy atom. The van der Waals surface area contributed by atoms with Crippen LogP contribution in [0.1, 0.15) is 17.9 Å². The summed E-state index contributed by atoms with van der Waals surface area (Å²) in [6, 6.07) is 5.54. The van der Waals surface area contributed by atoms with Gasteiger partial charge < -0.3 is 14.6 Å². The second kappa shape index (κ2) is 7.69. The number of hydrogen-bond donors (Lipinski definition) is 1. The summed E-state index contributed by atoms with van der Waals surface area (Å²) in [5, 5.41) is 10.6. The first-order valence-corrected chi connectivity index (χ1v) is 8.29. The summed E-state index contributed by atoms with van der Waals surface area (Å²) in [4.78, 5) is 20.3. The van der Waals surface area contributed by atoms with Gasteiger partial charge in [0.15, 0.2) is 0 Å². The second-order valence-electron chi connectivity index (χ2n) is 5.01. The molecule has 0 radical (unpaired) electrons. The summed E-state index contributed by atoms with van der Waals surface area (Å²) in [6.45, 7) is 0.416. The lowest BCUT2D eigenvalue weighted by Crippen LogP contribution is -2.23. The molecule has 0 unspecified atom stereocenters. The number of nitrogens with zero attached hydrogens (tertiary/aromatic N) is 3. The number of carbonyl (C=O) groups excluding carboxylic acids is 1. The van der Waals surface area contributed by atoms with Gasteiger partial charge in [0.2, 0.25) is 23.5 Å². The topological polar surface area (TPSA) is 90.1 Å². The summed E-state index contributed by atoms with van der Waals surface area (Å²) in [5.74, 6) is 1.47. The molecule has 3 rings (SSSR count). The third-order valence-electron chi connectivity index (χ3n) is 3.31. The molecule has 0 spiro atoms. The van der Waals surface area contributed by atoms with E-state index in [1.807, 2.05) is 22.9 Å². The lowest BCUT2D eigenvalue weighted by atomic mass is 10.2. The smallest absolute Gasteiger partial charge is 0.227 e. The van der Waals surface area contributed by atoms with E-state index in [9.17, 15) is 4.79 Å². The van der Waals surface area contributed by atoms with Crippen LogP contribution in [0.4, 0.5) is 0 Å². The zero-order valence-electron chi connectivity index (χ0n) is 13.1. The Balaban J connectivity index is 1.45. The van der Waals surface area contributed by atoms with Crippen LogP contribution in [0.5, 0.6) is 5.88 Å². The highest BCUT2D eigenvalue weighted by Crippen LogP contribution is 2.18. The van der Waals surface area contributed by atoms with Crippen LogP contribution >= 0.6 is 11.3 Å². The Morgan fingerprint density at radius 1 is 1.38 bits per heavy atom. The van der Waals surface area contributed by atoms with Crippen molar-refractivity contribution in [3.8, 4) is 17.3 Å². The molecule has 0 aliphatic carbocycles. The molecule has 0 fully saturated rings. The molecule has 124 valence electrons.